The van der Waals surface area contributed by atoms with Crippen molar-refractivity contribution in [3.05, 3.63) is 11.5 Å². The van der Waals surface area contributed by atoms with Crippen molar-refractivity contribution in [2.75, 3.05) is 6.61 Å². The van der Waals surface area contributed by atoms with Crippen molar-refractivity contribution in [3.8, 4) is 0 Å². The predicted molar refractivity (Wildman–Crippen MR) is 64.5 cm³/mol. The summed E-state index contributed by atoms with van der Waals surface area (Å²) in [6.45, 7) is -0.699. The maximum atomic E-state index is 10.6. The minimum atomic E-state index is -2.86. The second-order valence-electron chi connectivity index (χ2n) is 4.72. The molecular weight excluding hydrogens is 453 g/mol. The van der Waals surface area contributed by atoms with Gasteiger partial charge in [-0.05, 0) is 0 Å². The number of carbonyl (C=O) groups excluding carboxylic acids is 3. The molecule has 28 heavy (non-hydrogen) atoms. The summed E-state index contributed by atoms with van der Waals surface area (Å²) < 4.78 is 4.25. The Morgan fingerprint density at radius 2 is 1.54 bits per heavy atom. The molecule has 1 heterocycles. The molecule has 0 saturated heterocycles. The molecular formula is C12H13K2NaO13. The van der Waals surface area contributed by atoms with E-state index in [1.807, 2.05) is 0 Å². The number of carboxylic acids is 3. The standard InChI is InChI=1S/C6H8O7.C6H8O6.2K.Na/c7-3(8)1-6(13,5(11)12)2-4(9)10;7-1-2(8)5-3(9)4(10)6(11)12-5;;;/h13H,1-2H2,(H,7,8)(H,9,10)(H,11,12);2,5,7-10H,1H2;;;/q;;3*+1/p-3/t;2-,5+;;;/m.0.../s1. The number of aliphatic carboxylic acids is 3. The van der Waals surface area contributed by atoms with Gasteiger partial charge in [-0.15, -0.1) is 0 Å². The summed E-state index contributed by atoms with van der Waals surface area (Å²) in [7, 11) is 0. The number of cyclic esters (lactones) is 1. The molecule has 0 unspecified atom stereocenters. The van der Waals surface area contributed by atoms with E-state index in [2.05, 4.69) is 4.74 Å². The Hall–Kier alpha value is 1.37. The zero-order valence-corrected chi connectivity index (χ0v) is 23.5. The molecule has 1 rings (SSSR count). The number of carbonyl (C=O) groups is 4. The number of aliphatic hydroxyl groups excluding tert-OH is 3. The minimum Gasteiger partial charge on any atom is -0.865 e. The van der Waals surface area contributed by atoms with E-state index in [-0.39, 0.29) is 132 Å². The molecule has 0 aliphatic carbocycles. The molecule has 13 nitrogen and oxygen atoms in total. The van der Waals surface area contributed by atoms with Gasteiger partial charge in [-0.25, -0.2) is 9.59 Å². The summed E-state index contributed by atoms with van der Waals surface area (Å²) in [6, 6.07) is 0. The van der Waals surface area contributed by atoms with Crippen molar-refractivity contribution in [1.82, 2.24) is 0 Å². The van der Waals surface area contributed by atoms with Gasteiger partial charge in [0.2, 0.25) is 0 Å². The van der Waals surface area contributed by atoms with Crippen LogP contribution in [0.1, 0.15) is 12.8 Å². The monoisotopic (exact) mass is 466 g/mol. The fourth-order valence-corrected chi connectivity index (χ4v) is 1.51. The number of esters is 1. The third kappa shape index (κ3) is 12.3. The van der Waals surface area contributed by atoms with E-state index in [1.54, 1.807) is 0 Å². The van der Waals surface area contributed by atoms with Gasteiger partial charge in [0, 0.05) is 30.5 Å². The van der Waals surface area contributed by atoms with Crippen LogP contribution in [0, 0.1) is 0 Å². The Kier molecular flexibility index (Phi) is 22.3. The van der Waals surface area contributed by atoms with Crippen molar-refractivity contribution in [2.45, 2.75) is 30.7 Å². The van der Waals surface area contributed by atoms with E-state index in [1.165, 1.54) is 0 Å². The Labute approximate surface area is 264 Å². The average molecular weight is 466 g/mol. The van der Waals surface area contributed by atoms with Gasteiger partial charge in [0.05, 0.1) is 6.61 Å². The van der Waals surface area contributed by atoms with Crippen molar-refractivity contribution in [2.24, 2.45) is 0 Å². The number of carboxylic acid groups (broad SMARTS) is 3. The van der Waals surface area contributed by atoms with Crippen LogP contribution in [0.25, 0.3) is 0 Å². The topological polar surface area (TPSA) is 248 Å². The Morgan fingerprint density at radius 3 is 1.75 bits per heavy atom. The van der Waals surface area contributed by atoms with Gasteiger partial charge >= 0.3 is 144 Å². The summed E-state index contributed by atoms with van der Waals surface area (Å²) in [4.78, 5) is 40.6. The number of hydrogen-bond acceptors (Lipinski definition) is 12. The second-order valence-corrected chi connectivity index (χ2v) is 4.72. The van der Waals surface area contributed by atoms with Gasteiger partial charge in [-0.1, -0.05) is 0 Å². The van der Waals surface area contributed by atoms with Crippen LogP contribution < -0.4 is 148 Å². The van der Waals surface area contributed by atoms with Gasteiger partial charge in [0.1, 0.15) is 11.9 Å². The van der Waals surface area contributed by atoms with Crippen LogP contribution in [-0.4, -0.2) is 73.8 Å². The van der Waals surface area contributed by atoms with Gasteiger partial charge in [0.25, 0.3) is 0 Å². The van der Waals surface area contributed by atoms with Gasteiger partial charge < -0.3 is 55.2 Å². The van der Waals surface area contributed by atoms with Crippen LogP contribution in [0.15, 0.2) is 11.5 Å². The summed E-state index contributed by atoms with van der Waals surface area (Å²) in [5.41, 5.74) is -2.86. The second kappa shape index (κ2) is 17.0. The Balaban J connectivity index is -0.000000186. The first kappa shape index (κ1) is 36.7. The van der Waals surface area contributed by atoms with Gasteiger partial charge in [-0.3, -0.25) is 0 Å². The normalized spacial score (nSPS) is 16.1. The summed E-state index contributed by atoms with van der Waals surface area (Å²) in [5.74, 6) is -8.91. The van der Waals surface area contributed by atoms with E-state index >= 15 is 0 Å². The van der Waals surface area contributed by atoms with E-state index in [4.69, 9.17) is 25.5 Å². The molecule has 0 aromatic rings. The van der Waals surface area contributed by atoms with Crippen molar-refractivity contribution >= 4 is 23.9 Å². The van der Waals surface area contributed by atoms with Crippen LogP contribution in [0.3, 0.4) is 0 Å². The number of hydrogen-bond donors (Lipinski definition) is 5. The molecule has 0 radical (unpaired) electrons. The zero-order chi connectivity index (χ0) is 19.9. The van der Waals surface area contributed by atoms with Crippen molar-refractivity contribution in [1.29, 1.82) is 0 Å². The Bertz CT molecular complexity index is 578. The number of rotatable bonds is 7. The van der Waals surface area contributed by atoms with Crippen LogP contribution in [0.2, 0.25) is 0 Å². The molecule has 0 saturated carbocycles. The quantitative estimate of drug-likeness (QED) is 0.173. The molecule has 0 aromatic heterocycles. The molecule has 0 amide bonds. The molecule has 0 fully saturated rings. The largest absolute Gasteiger partial charge is 1.00 e. The van der Waals surface area contributed by atoms with Crippen LogP contribution >= 0.6 is 0 Å². The summed E-state index contributed by atoms with van der Waals surface area (Å²) in [6.07, 6.45) is -5.47. The Morgan fingerprint density at radius 1 is 1.14 bits per heavy atom. The predicted octanol–water partition coefficient (Wildman–Crippen LogP) is -15.5. The molecule has 0 aromatic carbocycles. The van der Waals surface area contributed by atoms with Gasteiger partial charge in [0.15, 0.2) is 11.7 Å². The molecule has 1 aliphatic rings. The molecule has 1 aliphatic heterocycles. The zero-order valence-electron chi connectivity index (χ0n) is 15.3. The molecule has 16 heteroatoms. The molecule has 2 atom stereocenters. The average Bonchev–Trinajstić information content (AvgIpc) is 2.73. The third-order valence-corrected chi connectivity index (χ3v) is 2.73. The first-order valence-electron chi connectivity index (χ1n) is 6.31. The maximum Gasteiger partial charge on any atom is 1.00 e. The van der Waals surface area contributed by atoms with Crippen LogP contribution in [-0.2, 0) is 23.9 Å². The third-order valence-electron chi connectivity index (χ3n) is 2.73. The first-order chi connectivity index (χ1) is 11.4. The maximum absolute atomic E-state index is 10.6. The van der Waals surface area contributed by atoms with Crippen LogP contribution in [0.4, 0.5) is 0 Å². The summed E-state index contributed by atoms with van der Waals surface area (Å²) in [5, 5.41) is 74.0. The van der Waals surface area contributed by atoms with E-state index in [9.17, 15) is 34.5 Å². The van der Waals surface area contributed by atoms with Crippen molar-refractivity contribution < 1.29 is 197 Å². The minimum absolute atomic E-state index is 0. The summed E-state index contributed by atoms with van der Waals surface area (Å²) >= 11 is 0. The SMILES string of the molecule is O=C([O-])CC(O)(CC(=O)[O-])C(=O)O.O=C1O[C@H]([C@@H](O)CO)C(O)=C1[O-].[K+].[K+].[Na+]. The molecule has 0 bridgehead atoms. The smallest absolute Gasteiger partial charge is 0.865 e. The fraction of sp³-hybridized carbons (Fsp3) is 0.500. The molecule has 5 N–H and O–H groups in total. The van der Waals surface area contributed by atoms with E-state index in [0.29, 0.717) is 0 Å². The first-order valence-corrected chi connectivity index (χ1v) is 6.31. The van der Waals surface area contributed by atoms with Crippen molar-refractivity contribution in [3.63, 3.8) is 0 Å². The number of ether oxygens (including phenoxy) is 1. The fourth-order valence-electron chi connectivity index (χ4n) is 1.51. The van der Waals surface area contributed by atoms with Crippen LogP contribution in [0.5, 0.6) is 0 Å². The van der Waals surface area contributed by atoms with E-state index < -0.39 is 72.7 Å². The molecule has 0 spiro atoms. The van der Waals surface area contributed by atoms with Gasteiger partial charge in [-0.2, -0.15) is 0 Å². The molecule has 142 valence electrons. The van der Waals surface area contributed by atoms with E-state index in [0.717, 1.165) is 0 Å². The number of aliphatic hydroxyl groups is 4.